The number of likely N-dealkylation sites (tertiary alicyclic amines) is 1. The van der Waals surface area contributed by atoms with E-state index >= 15 is 0 Å². The van der Waals surface area contributed by atoms with E-state index in [0.29, 0.717) is 44.5 Å². The first-order valence-electron chi connectivity index (χ1n) is 10.8. The highest BCUT2D eigenvalue weighted by atomic mass is 19.3. The van der Waals surface area contributed by atoms with Gasteiger partial charge in [-0.2, -0.15) is 10.1 Å². The highest BCUT2D eigenvalue weighted by Crippen LogP contribution is 2.37. The number of nitrogens with zero attached hydrogens (tertiary/aromatic N) is 5. The number of aromatic nitrogens is 4. The Labute approximate surface area is 187 Å². The highest BCUT2D eigenvalue weighted by molar-refractivity contribution is 5.67. The maximum Gasteiger partial charge on any atom is 0.409 e. The Hall–Kier alpha value is -2.92. The van der Waals surface area contributed by atoms with Crippen LogP contribution in [0.3, 0.4) is 0 Å². The van der Waals surface area contributed by atoms with Crippen molar-refractivity contribution in [2.24, 2.45) is 5.92 Å². The Morgan fingerprint density at radius 3 is 2.67 bits per heavy atom. The molecule has 0 radical (unpaired) electrons. The summed E-state index contributed by atoms with van der Waals surface area (Å²) in [5.74, 6) is -2.34. The van der Waals surface area contributed by atoms with Crippen molar-refractivity contribution in [2.75, 3.05) is 20.2 Å². The minimum Gasteiger partial charge on any atom is -0.472 e. The third-order valence-electron chi connectivity index (χ3n) is 5.98. The quantitative estimate of drug-likeness (QED) is 0.588. The Kier molecular flexibility index (Phi) is 6.71. The number of carbonyl (C=O) groups is 1. The van der Waals surface area contributed by atoms with E-state index < -0.39 is 24.1 Å². The number of halogens is 4. The summed E-state index contributed by atoms with van der Waals surface area (Å²) in [6, 6.07) is 2.81. The van der Waals surface area contributed by atoms with Crippen LogP contribution in [0.5, 0.6) is 5.88 Å². The van der Waals surface area contributed by atoms with Crippen LogP contribution in [0.1, 0.15) is 49.9 Å². The average molecular weight is 471 g/mol. The van der Waals surface area contributed by atoms with Gasteiger partial charge in [-0.05, 0) is 31.2 Å². The summed E-state index contributed by atoms with van der Waals surface area (Å²) in [5, 5.41) is 3.82. The third kappa shape index (κ3) is 5.72. The van der Waals surface area contributed by atoms with Crippen molar-refractivity contribution < 1.29 is 31.8 Å². The van der Waals surface area contributed by atoms with Crippen molar-refractivity contribution in [1.29, 1.82) is 0 Å². The first kappa shape index (κ1) is 23.2. The molecule has 2 aromatic heterocycles. The molecule has 2 aliphatic rings. The maximum absolute atomic E-state index is 13.5. The van der Waals surface area contributed by atoms with Crippen molar-refractivity contribution in [3.05, 3.63) is 29.7 Å². The van der Waals surface area contributed by atoms with E-state index in [1.807, 2.05) is 0 Å². The minimum atomic E-state index is -2.74. The van der Waals surface area contributed by atoms with Gasteiger partial charge in [0.25, 0.3) is 12.4 Å². The first-order chi connectivity index (χ1) is 15.7. The van der Waals surface area contributed by atoms with Crippen LogP contribution in [0, 0.1) is 5.92 Å². The monoisotopic (exact) mass is 471 g/mol. The zero-order chi connectivity index (χ0) is 23.6. The van der Waals surface area contributed by atoms with Gasteiger partial charge in [-0.3, -0.25) is 0 Å². The van der Waals surface area contributed by atoms with Gasteiger partial charge < -0.3 is 14.4 Å². The largest absolute Gasteiger partial charge is 0.472 e. The van der Waals surface area contributed by atoms with E-state index in [0.717, 1.165) is 4.68 Å². The smallest absolute Gasteiger partial charge is 0.409 e. The molecule has 8 nitrogen and oxygen atoms in total. The number of carbonyl (C=O) groups excluding carboxylic acids is 1. The Balaban J connectivity index is 1.54. The molecule has 1 amide bonds. The van der Waals surface area contributed by atoms with E-state index in [4.69, 9.17) is 9.47 Å². The van der Waals surface area contributed by atoms with Crippen molar-refractivity contribution in [3.8, 4) is 11.8 Å². The van der Waals surface area contributed by atoms with Crippen molar-refractivity contribution in [3.63, 3.8) is 0 Å². The summed E-state index contributed by atoms with van der Waals surface area (Å²) in [6.45, 7) is 0.783. The van der Waals surface area contributed by atoms with Crippen LogP contribution in [0.25, 0.3) is 5.95 Å². The number of hydrogen-bond donors (Lipinski definition) is 0. The number of alkyl halides is 4. The fourth-order valence-corrected chi connectivity index (χ4v) is 4.18. The zero-order valence-electron chi connectivity index (χ0n) is 18.1. The summed E-state index contributed by atoms with van der Waals surface area (Å²) in [6.07, 6.45) is -0.770. The molecule has 4 rings (SSSR count). The van der Waals surface area contributed by atoms with Gasteiger partial charge in [0.05, 0.1) is 19.3 Å². The lowest BCUT2D eigenvalue weighted by molar-refractivity contribution is -0.0457. The molecular formula is C21H25F4N5O3. The summed E-state index contributed by atoms with van der Waals surface area (Å²) in [7, 11) is 1.30. The highest BCUT2D eigenvalue weighted by Gasteiger charge is 2.35. The lowest BCUT2D eigenvalue weighted by atomic mass is 9.84. The minimum absolute atomic E-state index is 0.0239. The maximum atomic E-state index is 13.5. The predicted octanol–water partition coefficient (Wildman–Crippen LogP) is 4.19. The second kappa shape index (κ2) is 9.52. The van der Waals surface area contributed by atoms with Crippen LogP contribution in [0.2, 0.25) is 0 Å². The molecule has 33 heavy (non-hydrogen) atoms. The molecule has 0 aromatic carbocycles. The van der Waals surface area contributed by atoms with E-state index in [1.165, 1.54) is 24.3 Å². The van der Waals surface area contributed by atoms with Gasteiger partial charge >= 0.3 is 6.09 Å². The second-order valence-electron chi connectivity index (χ2n) is 8.43. The van der Waals surface area contributed by atoms with Crippen molar-refractivity contribution in [1.82, 2.24) is 24.6 Å². The summed E-state index contributed by atoms with van der Waals surface area (Å²) >= 11 is 0. The molecule has 1 atom stereocenters. The Morgan fingerprint density at radius 1 is 1.24 bits per heavy atom. The molecular weight excluding hydrogens is 446 g/mol. The van der Waals surface area contributed by atoms with Crippen LogP contribution in [0.4, 0.5) is 22.4 Å². The number of amides is 1. The lowest BCUT2D eigenvalue weighted by Crippen LogP contribution is -2.30. The number of ether oxygens (including phenoxy) is 2. The fourth-order valence-electron chi connectivity index (χ4n) is 4.18. The molecule has 0 N–H and O–H groups in total. The third-order valence-corrected chi connectivity index (χ3v) is 5.98. The van der Waals surface area contributed by atoms with Crippen LogP contribution in [-0.4, -0.2) is 63.0 Å². The van der Waals surface area contributed by atoms with Crippen molar-refractivity contribution >= 4 is 6.09 Å². The van der Waals surface area contributed by atoms with E-state index in [1.54, 1.807) is 6.07 Å². The molecule has 1 aliphatic heterocycles. The number of rotatable bonds is 6. The average Bonchev–Trinajstić information content (AvgIpc) is 3.45. The molecule has 0 bridgehead atoms. The SMILES string of the molecule is COC(=O)N1CCC(Oc2cc(CC3CCC(F)(F)CC3)nc(-n3ccc(C(F)F)n3)n2)C1. The fraction of sp³-hybridized carbons (Fsp3) is 0.619. The van der Waals surface area contributed by atoms with Gasteiger partial charge in [0.2, 0.25) is 11.8 Å². The van der Waals surface area contributed by atoms with Crippen LogP contribution < -0.4 is 4.74 Å². The van der Waals surface area contributed by atoms with Crippen LogP contribution in [-0.2, 0) is 11.2 Å². The Bertz CT molecular complexity index is 977. The van der Waals surface area contributed by atoms with Crippen molar-refractivity contribution in [2.45, 2.75) is 57.0 Å². The van der Waals surface area contributed by atoms with E-state index in [2.05, 4.69) is 15.1 Å². The molecule has 1 unspecified atom stereocenters. The van der Waals surface area contributed by atoms with Gasteiger partial charge in [0.1, 0.15) is 11.8 Å². The Morgan fingerprint density at radius 2 is 2.00 bits per heavy atom. The zero-order valence-corrected chi connectivity index (χ0v) is 18.1. The number of methoxy groups -OCH3 is 1. The van der Waals surface area contributed by atoms with Gasteiger partial charge in [-0.25, -0.2) is 32.0 Å². The van der Waals surface area contributed by atoms with Crippen LogP contribution >= 0.6 is 0 Å². The summed E-state index contributed by atoms with van der Waals surface area (Å²) < 4.78 is 64.8. The van der Waals surface area contributed by atoms with E-state index in [9.17, 15) is 22.4 Å². The molecule has 2 aromatic rings. The van der Waals surface area contributed by atoms with Gasteiger partial charge in [-0.1, -0.05) is 0 Å². The molecule has 180 valence electrons. The van der Waals surface area contributed by atoms with Gasteiger partial charge in [-0.15, -0.1) is 0 Å². The molecule has 3 heterocycles. The second-order valence-corrected chi connectivity index (χ2v) is 8.43. The topological polar surface area (TPSA) is 82.4 Å². The van der Waals surface area contributed by atoms with E-state index in [-0.39, 0.29) is 36.7 Å². The molecule has 1 aliphatic carbocycles. The van der Waals surface area contributed by atoms with Crippen LogP contribution in [0.15, 0.2) is 18.3 Å². The summed E-state index contributed by atoms with van der Waals surface area (Å²) in [4.78, 5) is 22.0. The van der Waals surface area contributed by atoms with Gasteiger partial charge in [0.15, 0.2) is 0 Å². The molecule has 1 saturated carbocycles. The van der Waals surface area contributed by atoms with Gasteiger partial charge in [0, 0.05) is 38.1 Å². The predicted molar refractivity (Wildman–Crippen MR) is 108 cm³/mol. The first-order valence-corrected chi connectivity index (χ1v) is 10.8. The molecule has 12 heteroatoms. The normalized spacial score (nSPS) is 20.9. The molecule has 1 saturated heterocycles. The molecule has 0 spiro atoms. The molecule has 2 fully saturated rings. The summed E-state index contributed by atoms with van der Waals surface area (Å²) in [5.41, 5.74) is 0.146. The standard InChI is InChI=1S/C21H25F4N5O3/c1-32-20(31)29-8-4-15(12-29)33-17-11-14(10-13-2-6-21(24,25)7-3-13)26-19(27-17)30-9-5-16(28-30)18(22)23/h5,9,11,13,15,18H,2-4,6-8,10,12H2,1H3. The lowest BCUT2D eigenvalue weighted by Gasteiger charge is -2.28. The number of hydrogen-bond acceptors (Lipinski definition) is 6.